The molecule has 1 unspecified atom stereocenters. The number of ether oxygens (including phenoxy) is 6. The van der Waals surface area contributed by atoms with Crippen molar-refractivity contribution in [3.63, 3.8) is 0 Å². The number of likely N-dealkylation sites (N-methyl/N-ethyl adjacent to an activating group) is 1. The van der Waals surface area contributed by atoms with Crippen LogP contribution < -0.4 is 21.7 Å². The highest BCUT2D eigenvalue weighted by atomic mass is 16.7. The third kappa shape index (κ3) is 13.7. The molecule has 0 aromatic rings. The topological polar surface area (TPSA) is 273 Å². The highest BCUT2D eigenvalue weighted by Crippen LogP contribution is 2.34. The van der Waals surface area contributed by atoms with Gasteiger partial charge >= 0.3 is 12.2 Å². The zero-order chi connectivity index (χ0) is 40.6. The standard InChI is InChI=1S/C35H63N5O14/c1-33(2,3)53-31(46)38-13-12-23(43)39-22-14-21(36)27(51-24-11-9-10-20(50-24)16-37-15-19(42)17-41)25(44)28(22)52-30-26(45)29(35(7,48)18-49-30)40(8)32(47)54-34(4,5)6/h10,19,21-22,24-30,37,41-42,44-45,48H,9,11-18,36H2,1-8H3,(H,38,46)(H,39,43)/t19?,21-,22+,24+,25-,26+,27+,28-,29+,30+,35-/m0/s1. The lowest BCUT2D eigenvalue weighted by Crippen LogP contribution is -2.70. The number of aliphatic hydroxyl groups is 5. The molecule has 2 heterocycles. The Morgan fingerprint density at radius 2 is 1.74 bits per heavy atom. The van der Waals surface area contributed by atoms with Gasteiger partial charge in [0.2, 0.25) is 5.91 Å². The van der Waals surface area contributed by atoms with Gasteiger partial charge in [0.05, 0.1) is 37.9 Å². The van der Waals surface area contributed by atoms with Crippen molar-refractivity contribution < 1.29 is 68.3 Å². The average Bonchev–Trinajstić information content (AvgIpc) is 3.04. The molecule has 3 amide bonds. The molecule has 54 heavy (non-hydrogen) atoms. The highest BCUT2D eigenvalue weighted by molar-refractivity contribution is 5.77. The van der Waals surface area contributed by atoms with Gasteiger partial charge in [-0.3, -0.25) is 4.79 Å². The van der Waals surface area contributed by atoms with E-state index < -0.39 is 103 Å². The van der Waals surface area contributed by atoms with Crippen LogP contribution in [0.1, 0.15) is 74.1 Å². The first-order valence-corrected chi connectivity index (χ1v) is 18.3. The van der Waals surface area contributed by atoms with Crippen LogP contribution in [0.4, 0.5) is 9.59 Å². The molecule has 1 aliphatic carbocycles. The van der Waals surface area contributed by atoms with Gasteiger partial charge in [-0.15, -0.1) is 0 Å². The summed E-state index contributed by atoms with van der Waals surface area (Å²) in [7, 11) is 1.36. The number of alkyl carbamates (subject to hydrolysis) is 1. The van der Waals surface area contributed by atoms with E-state index in [-0.39, 0.29) is 39.1 Å². The van der Waals surface area contributed by atoms with Crippen molar-refractivity contribution in [3.05, 3.63) is 11.8 Å². The summed E-state index contributed by atoms with van der Waals surface area (Å²) in [6.07, 6.45) is -7.61. The van der Waals surface area contributed by atoms with Gasteiger partial charge in [0.15, 0.2) is 12.6 Å². The molecule has 10 N–H and O–H groups in total. The monoisotopic (exact) mass is 777 g/mol. The number of hydrogen-bond donors (Lipinski definition) is 9. The van der Waals surface area contributed by atoms with E-state index in [4.69, 9.17) is 39.3 Å². The van der Waals surface area contributed by atoms with Crippen LogP contribution >= 0.6 is 0 Å². The summed E-state index contributed by atoms with van der Waals surface area (Å²) in [5.41, 5.74) is 3.21. The summed E-state index contributed by atoms with van der Waals surface area (Å²) in [4.78, 5) is 39.3. The summed E-state index contributed by atoms with van der Waals surface area (Å²) < 4.78 is 34.9. The summed E-state index contributed by atoms with van der Waals surface area (Å²) in [6.45, 7) is 11.1. The molecular weight excluding hydrogens is 714 g/mol. The lowest BCUT2D eigenvalue weighted by molar-refractivity contribution is -0.310. The molecule has 3 rings (SSSR count). The lowest BCUT2D eigenvalue weighted by Gasteiger charge is -2.50. The van der Waals surface area contributed by atoms with Crippen molar-refractivity contribution in [2.24, 2.45) is 5.73 Å². The smallest absolute Gasteiger partial charge is 0.410 e. The van der Waals surface area contributed by atoms with Gasteiger partial charge in [-0.2, -0.15) is 0 Å². The SMILES string of the molecule is CN(C(=O)OC(C)(C)C)[C@@H]1[C@@H](O)[C@@H](O[C@@H]2[C@@H](O)[C@H](O[C@@H]3CCC=C(CNCC(O)CO)O3)[C@@H](N)C[C@H]2NC(=O)CCNC(=O)OC(C)(C)C)OC[C@]1(C)O. The zero-order valence-electron chi connectivity index (χ0n) is 32.6. The van der Waals surface area contributed by atoms with Crippen molar-refractivity contribution in [1.29, 1.82) is 0 Å². The third-order valence-corrected chi connectivity index (χ3v) is 8.81. The summed E-state index contributed by atoms with van der Waals surface area (Å²) >= 11 is 0. The maximum atomic E-state index is 13.1. The zero-order valence-corrected chi connectivity index (χ0v) is 32.6. The number of hydrogen-bond acceptors (Lipinski definition) is 16. The van der Waals surface area contributed by atoms with Gasteiger partial charge in [-0.05, 0) is 67.4 Å². The van der Waals surface area contributed by atoms with Gasteiger partial charge < -0.3 is 80.5 Å². The van der Waals surface area contributed by atoms with E-state index in [1.807, 2.05) is 6.08 Å². The van der Waals surface area contributed by atoms with E-state index in [9.17, 15) is 34.8 Å². The van der Waals surface area contributed by atoms with Gasteiger partial charge in [0.25, 0.3) is 0 Å². The van der Waals surface area contributed by atoms with Crippen LogP contribution in [-0.2, 0) is 33.2 Å². The number of allylic oxidation sites excluding steroid dienone is 1. The molecule has 0 aromatic heterocycles. The van der Waals surface area contributed by atoms with E-state index >= 15 is 0 Å². The van der Waals surface area contributed by atoms with Gasteiger partial charge in [-0.25, -0.2) is 9.59 Å². The molecule has 3 aliphatic rings. The summed E-state index contributed by atoms with van der Waals surface area (Å²) in [5, 5.41) is 61.6. The van der Waals surface area contributed by atoms with Gasteiger partial charge in [-0.1, -0.05) is 0 Å². The normalized spacial score (nSPS) is 32.4. The third-order valence-electron chi connectivity index (χ3n) is 8.81. The molecule has 2 fully saturated rings. The number of nitrogens with two attached hydrogens (primary N) is 1. The Bertz CT molecular complexity index is 1270. The van der Waals surface area contributed by atoms with Crippen LogP contribution in [-0.4, -0.2) is 166 Å². The van der Waals surface area contributed by atoms with Crippen LogP contribution in [0.3, 0.4) is 0 Å². The Kier molecular flexibility index (Phi) is 16.3. The molecule has 0 aromatic carbocycles. The minimum Gasteiger partial charge on any atom is -0.468 e. The molecule has 19 nitrogen and oxygen atoms in total. The molecule has 0 spiro atoms. The van der Waals surface area contributed by atoms with Crippen molar-refractivity contribution in [2.75, 3.05) is 39.9 Å². The Labute approximate surface area is 316 Å². The van der Waals surface area contributed by atoms with Crippen LogP contribution in [0.25, 0.3) is 0 Å². The van der Waals surface area contributed by atoms with Crippen molar-refractivity contribution in [3.8, 4) is 0 Å². The quantitative estimate of drug-likeness (QED) is 0.101. The fourth-order valence-corrected chi connectivity index (χ4v) is 6.40. The Balaban J connectivity index is 1.79. The van der Waals surface area contributed by atoms with Crippen LogP contribution in [0.15, 0.2) is 11.8 Å². The Hall–Kier alpha value is -2.85. The van der Waals surface area contributed by atoms with Crippen LogP contribution in [0, 0.1) is 0 Å². The molecule has 0 radical (unpaired) electrons. The molecular formula is C35H63N5O14. The van der Waals surface area contributed by atoms with Crippen molar-refractivity contribution in [1.82, 2.24) is 20.9 Å². The largest absolute Gasteiger partial charge is 0.468 e. The summed E-state index contributed by atoms with van der Waals surface area (Å²) in [5.74, 6) is 0.0161. The van der Waals surface area contributed by atoms with E-state index in [2.05, 4.69) is 16.0 Å². The second-order valence-corrected chi connectivity index (χ2v) is 16.3. The van der Waals surface area contributed by atoms with E-state index in [1.165, 1.54) is 14.0 Å². The molecule has 1 saturated heterocycles. The second-order valence-electron chi connectivity index (χ2n) is 16.3. The maximum Gasteiger partial charge on any atom is 0.410 e. The fourth-order valence-electron chi connectivity index (χ4n) is 6.40. The lowest BCUT2D eigenvalue weighted by atomic mass is 9.83. The van der Waals surface area contributed by atoms with Crippen LogP contribution in [0.2, 0.25) is 0 Å². The first-order chi connectivity index (χ1) is 25.0. The highest BCUT2D eigenvalue weighted by Gasteiger charge is 2.54. The van der Waals surface area contributed by atoms with Gasteiger partial charge in [0.1, 0.15) is 47.0 Å². The number of amides is 3. The number of aliphatic hydroxyl groups excluding tert-OH is 4. The van der Waals surface area contributed by atoms with E-state index in [1.54, 1.807) is 41.5 Å². The predicted molar refractivity (Wildman–Crippen MR) is 191 cm³/mol. The van der Waals surface area contributed by atoms with Crippen LogP contribution in [0.5, 0.6) is 0 Å². The van der Waals surface area contributed by atoms with E-state index in [0.717, 1.165) is 4.90 Å². The van der Waals surface area contributed by atoms with Crippen molar-refractivity contribution >= 4 is 18.1 Å². The molecule has 11 atom stereocenters. The average molecular weight is 778 g/mol. The molecule has 2 aliphatic heterocycles. The number of rotatable bonds is 14. The Morgan fingerprint density at radius 1 is 1.07 bits per heavy atom. The number of carbonyl (C=O) groups is 3. The molecule has 19 heteroatoms. The number of carbonyl (C=O) groups excluding carboxylic acids is 3. The number of nitrogens with one attached hydrogen (secondary N) is 3. The maximum absolute atomic E-state index is 13.1. The molecule has 0 bridgehead atoms. The minimum atomic E-state index is -1.74. The molecule has 1 saturated carbocycles. The predicted octanol–water partition coefficient (Wildman–Crippen LogP) is -1.08. The minimum absolute atomic E-state index is 0.0371. The number of nitrogens with zero attached hydrogens (tertiary/aromatic N) is 1. The first kappa shape index (κ1) is 45.5. The molecule has 312 valence electrons. The van der Waals surface area contributed by atoms with Gasteiger partial charge in [0, 0.05) is 39.0 Å². The first-order valence-electron chi connectivity index (χ1n) is 18.3. The fraction of sp³-hybridized carbons (Fsp3) is 0.857. The van der Waals surface area contributed by atoms with Crippen molar-refractivity contribution in [2.45, 2.75) is 152 Å². The summed E-state index contributed by atoms with van der Waals surface area (Å²) in [6, 6.07) is -3.07. The van der Waals surface area contributed by atoms with E-state index in [0.29, 0.717) is 18.6 Å². The second kappa shape index (κ2) is 19.3. The Morgan fingerprint density at radius 3 is 2.37 bits per heavy atom.